The van der Waals surface area contributed by atoms with E-state index in [1.807, 2.05) is 44.4 Å². The number of nitrogens with zero attached hydrogens (tertiary/aromatic N) is 3. The molecule has 1 atom stereocenters. The zero-order chi connectivity index (χ0) is 18.5. The van der Waals surface area contributed by atoms with Gasteiger partial charge in [-0.25, -0.2) is 0 Å². The van der Waals surface area contributed by atoms with Crippen molar-refractivity contribution >= 4 is 5.88 Å². The Bertz CT molecular complexity index is 892. The van der Waals surface area contributed by atoms with E-state index in [0.717, 1.165) is 5.56 Å². The van der Waals surface area contributed by atoms with E-state index in [-0.39, 0.29) is 11.7 Å². The van der Waals surface area contributed by atoms with Gasteiger partial charge < -0.3 is 14.6 Å². The Morgan fingerprint density at radius 3 is 2.42 bits per heavy atom. The van der Waals surface area contributed by atoms with E-state index in [4.69, 9.17) is 4.42 Å². The molecule has 0 bridgehead atoms. The van der Waals surface area contributed by atoms with Crippen LogP contribution in [0.3, 0.4) is 0 Å². The second-order valence-electron chi connectivity index (χ2n) is 6.45. The predicted molar refractivity (Wildman–Crippen MR) is 103 cm³/mol. The van der Waals surface area contributed by atoms with Gasteiger partial charge in [0.05, 0.1) is 6.04 Å². The van der Waals surface area contributed by atoms with E-state index < -0.39 is 0 Å². The highest BCUT2D eigenvalue weighted by Gasteiger charge is 2.18. The first-order valence-electron chi connectivity index (χ1n) is 8.51. The van der Waals surface area contributed by atoms with Crippen LogP contribution in [0.2, 0.25) is 0 Å². The SMILES string of the molecule is Cc1ccc(C(CNc2oc(-c3ccccc3)nc2C#N)N(C)C)cc1. The summed E-state index contributed by atoms with van der Waals surface area (Å²) in [6.07, 6.45) is 0. The lowest BCUT2D eigenvalue weighted by molar-refractivity contribution is 0.310. The van der Waals surface area contributed by atoms with Crippen molar-refractivity contribution in [2.75, 3.05) is 26.0 Å². The first-order valence-corrected chi connectivity index (χ1v) is 8.51. The molecule has 0 aliphatic carbocycles. The molecule has 0 amide bonds. The van der Waals surface area contributed by atoms with Gasteiger partial charge in [-0.15, -0.1) is 0 Å². The standard InChI is InChI=1S/C21H22N4O/c1-15-9-11-16(12-10-15)19(25(2)3)14-23-21-18(13-22)24-20(26-21)17-7-5-4-6-8-17/h4-12,19,23H,14H2,1-3H3. The van der Waals surface area contributed by atoms with Crippen LogP contribution in [0.25, 0.3) is 11.5 Å². The fourth-order valence-electron chi connectivity index (χ4n) is 2.80. The minimum Gasteiger partial charge on any atom is -0.419 e. The number of hydrogen-bond acceptors (Lipinski definition) is 5. The maximum atomic E-state index is 9.38. The molecule has 0 saturated carbocycles. The van der Waals surface area contributed by atoms with Crippen molar-refractivity contribution in [3.05, 3.63) is 71.4 Å². The Balaban J connectivity index is 1.80. The van der Waals surface area contributed by atoms with E-state index in [1.165, 1.54) is 11.1 Å². The molecule has 0 spiro atoms. The van der Waals surface area contributed by atoms with Crippen molar-refractivity contribution in [2.24, 2.45) is 0 Å². The number of aryl methyl sites for hydroxylation is 1. The number of aromatic nitrogens is 1. The average molecular weight is 346 g/mol. The molecule has 5 nitrogen and oxygen atoms in total. The van der Waals surface area contributed by atoms with Gasteiger partial charge >= 0.3 is 0 Å². The molecule has 0 saturated heterocycles. The molecule has 1 aromatic heterocycles. The molecule has 1 heterocycles. The van der Waals surface area contributed by atoms with E-state index in [9.17, 15) is 5.26 Å². The first kappa shape index (κ1) is 17.7. The quantitative estimate of drug-likeness (QED) is 0.723. The van der Waals surface area contributed by atoms with Crippen LogP contribution < -0.4 is 5.32 Å². The summed E-state index contributed by atoms with van der Waals surface area (Å²) in [6.45, 7) is 2.68. The van der Waals surface area contributed by atoms with Crippen molar-refractivity contribution in [2.45, 2.75) is 13.0 Å². The fraction of sp³-hybridized carbons (Fsp3) is 0.238. The highest BCUT2D eigenvalue weighted by molar-refractivity contribution is 5.58. The van der Waals surface area contributed by atoms with Gasteiger partial charge in [-0.05, 0) is 38.7 Å². The van der Waals surface area contributed by atoms with Crippen LogP contribution >= 0.6 is 0 Å². The minimum atomic E-state index is 0.146. The summed E-state index contributed by atoms with van der Waals surface area (Å²) in [5.74, 6) is 0.853. The third kappa shape index (κ3) is 3.93. The summed E-state index contributed by atoms with van der Waals surface area (Å²) in [5, 5.41) is 12.6. The molecular formula is C21H22N4O. The number of nitriles is 1. The highest BCUT2D eigenvalue weighted by Crippen LogP contribution is 2.26. The van der Waals surface area contributed by atoms with Crippen molar-refractivity contribution in [1.29, 1.82) is 5.26 Å². The molecule has 1 N–H and O–H groups in total. The smallest absolute Gasteiger partial charge is 0.232 e. The van der Waals surface area contributed by atoms with Gasteiger partial charge in [-0.1, -0.05) is 48.0 Å². The van der Waals surface area contributed by atoms with Crippen LogP contribution in [-0.2, 0) is 0 Å². The zero-order valence-electron chi connectivity index (χ0n) is 15.2. The normalized spacial score (nSPS) is 12.0. The topological polar surface area (TPSA) is 65.1 Å². The second-order valence-corrected chi connectivity index (χ2v) is 6.45. The Morgan fingerprint density at radius 1 is 1.12 bits per heavy atom. The Hall–Kier alpha value is -3.10. The van der Waals surface area contributed by atoms with Gasteiger partial charge in [-0.2, -0.15) is 10.2 Å². The van der Waals surface area contributed by atoms with Crippen molar-refractivity contribution in [3.8, 4) is 17.5 Å². The summed E-state index contributed by atoms with van der Waals surface area (Å²) in [4.78, 5) is 6.44. The lowest BCUT2D eigenvalue weighted by atomic mass is 10.0. The van der Waals surface area contributed by atoms with Crippen LogP contribution in [0.4, 0.5) is 5.88 Å². The maximum absolute atomic E-state index is 9.38. The van der Waals surface area contributed by atoms with Gasteiger partial charge in [0.2, 0.25) is 17.5 Å². The van der Waals surface area contributed by atoms with Gasteiger partial charge in [0.1, 0.15) is 6.07 Å². The number of benzene rings is 2. The molecule has 3 rings (SSSR count). The van der Waals surface area contributed by atoms with Crippen LogP contribution in [0, 0.1) is 18.3 Å². The largest absolute Gasteiger partial charge is 0.419 e. The molecule has 2 aromatic carbocycles. The lowest BCUT2D eigenvalue weighted by Crippen LogP contribution is -2.26. The number of likely N-dealkylation sites (N-methyl/N-ethyl adjacent to an activating group) is 1. The predicted octanol–water partition coefficient (Wildman–Crippen LogP) is 4.24. The summed E-state index contributed by atoms with van der Waals surface area (Å²) in [7, 11) is 4.07. The zero-order valence-corrected chi connectivity index (χ0v) is 15.2. The Labute approximate surface area is 153 Å². The number of nitrogens with one attached hydrogen (secondary N) is 1. The maximum Gasteiger partial charge on any atom is 0.232 e. The molecule has 132 valence electrons. The molecular weight excluding hydrogens is 324 g/mol. The van der Waals surface area contributed by atoms with Crippen LogP contribution in [0.5, 0.6) is 0 Å². The van der Waals surface area contributed by atoms with Crippen LogP contribution in [0.1, 0.15) is 22.9 Å². The van der Waals surface area contributed by atoms with Gasteiger partial charge in [0.25, 0.3) is 0 Å². The third-order valence-electron chi connectivity index (χ3n) is 4.30. The van der Waals surface area contributed by atoms with Crippen LogP contribution in [0.15, 0.2) is 59.0 Å². The van der Waals surface area contributed by atoms with E-state index in [2.05, 4.69) is 52.5 Å². The van der Waals surface area contributed by atoms with E-state index in [1.54, 1.807) is 0 Å². The molecule has 0 aliphatic rings. The number of anilines is 1. The summed E-state index contributed by atoms with van der Waals surface area (Å²) in [6, 6.07) is 20.3. The molecule has 1 unspecified atom stereocenters. The van der Waals surface area contributed by atoms with Crippen molar-refractivity contribution in [3.63, 3.8) is 0 Å². The Morgan fingerprint density at radius 2 is 1.81 bits per heavy atom. The number of rotatable bonds is 6. The van der Waals surface area contributed by atoms with E-state index >= 15 is 0 Å². The average Bonchev–Trinajstić information content (AvgIpc) is 3.07. The molecule has 0 fully saturated rings. The summed E-state index contributed by atoms with van der Waals surface area (Å²) < 4.78 is 5.81. The molecule has 0 aliphatic heterocycles. The first-order chi connectivity index (χ1) is 12.6. The fourth-order valence-corrected chi connectivity index (χ4v) is 2.80. The summed E-state index contributed by atoms with van der Waals surface area (Å²) in [5.41, 5.74) is 3.55. The molecule has 5 heteroatoms. The van der Waals surface area contributed by atoms with Gasteiger partial charge in [0.15, 0.2) is 0 Å². The van der Waals surface area contributed by atoms with Gasteiger partial charge in [0, 0.05) is 12.1 Å². The lowest BCUT2D eigenvalue weighted by Gasteiger charge is -2.25. The molecule has 0 radical (unpaired) electrons. The second kappa shape index (κ2) is 7.85. The minimum absolute atomic E-state index is 0.146. The highest BCUT2D eigenvalue weighted by atomic mass is 16.4. The van der Waals surface area contributed by atoms with E-state index in [0.29, 0.717) is 18.3 Å². The van der Waals surface area contributed by atoms with Crippen molar-refractivity contribution in [1.82, 2.24) is 9.88 Å². The monoisotopic (exact) mass is 346 g/mol. The molecule has 3 aromatic rings. The number of oxazole rings is 1. The Kier molecular flexibility index (Phi) is 5.35. The van der Waals surface area contributed by atoms with Gasteiger partial charge in [-0.3, -0.25) is 0 Å². The van der Waals surface area contributed by atoms with Crippen molar-refractivity contribution < 1.29 is 4.42 Å². The molecule has 26 heavy (non-hydrogen) atoms. The van der Waals surface area contributed by atoms with Crippen LogP contribution in [-0.4, -0.2) is 30.5 Å². The summed E-state index contributed by atoms with van der Waals surface area (Å²) >= 11 is 0. The number of hydrogen-bond donors (Lipinski definition) is 1. The third-order valence-corrected chi connectivity index (χ3v) is 4.30.